The zero-order valence-electron chi connectivity index (χ0n) is 17.3. The van der Waals surface area contributed by atoms with Gasteiger partial charge in [-0.05, 0) is 55.0 Å². The second-order valence-electron chi connectivity index (χ2n) is 6.06. The van der Waals surface area contributed by atoms with Gasteiger partial charge in [0, 0.05) is 11.6 Å². The predicted molar refractivity (Wildman–Crippen MR) is 110 cm³/mol. The number of esters is 1. The fourth-order valence-electron chi connectivity index (χ4n) is 2.43. The second-order valence-corrected chi connectivity index (χ2v) is 6.06. The molecule has 0 aliphatic heterocycles. The number of hydrogen-bond donors (Lipinski definition) is 1. The summed E-state index contributed by atoms with van der Waals surface area (Å²) in [4.78, 5) is 35.6. The summed E-state index contributed by atoms with van der Waals surface area (Å²) < 4.78 is 43.9. The molecule has 0 radical (unpaired) electrons. The van der Waals surface area contributed by atoms with Crippen molar-refractivity contribution < 1.29 is 42.1 Å². The van der Waals surface area contributed by atoms with E-state index in [1.807, 2.05) is 12.2 Å². The van der Waals surface area contributed by atoms with E-state index in [-0.39, 0.29) is 11.3 Å². The van der Waals surface area contributed by atoms with Crippen LogP contribution >= 0.6 is 0 Å². The Labute approximate surface area is 182 Å². The van der Waals surface area contributed by atoms with Crippen LogP contribution in [0, 0.1) is 0 Å². The van der Waals surface area contributed by atoms with Gasteiger partial charge < -0.3 is 18.9 Å². The number of ether oxygens (including phenoxy) is 4. The van der Waals surface area contributed by atoms with E-state index in [4.69, 9.17) is 14.2 Å². The highest BCUT2D eigenvalue weighted by atomic mass is 19.3. The largest absolute Gasteiger partial charge is 0.493 e. The van der Waals surface area contributed by atoms with Crippen molar-refractivity contribution in [1.82, 2.24) is 5.32 Å². The minimum atomic E-state index is -2.99. The quantitative estimate of drug-likeness (QED) is 0.439. The van der Waals surface area contributed by atoms with E-state index in [0.717, 1.165) is 18.2 Å². The zero-order chi connectivity index (χ0) is 23.5. The maximum atomic E-state index is 12.1. The van der Waals surface area contributed by atoms with Crippen LogP contribution in [0.25, 0.3) is 6.08 Å². The van der Waals surface area contributed by atoms with E-state index in [9.17, 15) is 23.2 Å². The zero-order valence-corrected chi connectivity index (χ0v) is 17.3. The van der Waals surface area contributed by atoms with Crippen LogP contribution < -0.4 is 19.5 Å². The first-order valence-electron chi connectivity index (χ1n) is 9.37. The lowest BCUT2D eigenvalue weighted by atomic mass is 10.2. The van der Waals surface area contributed by atoms with Gasteiger partial charge in [0.1, 0.15) is 5.75 Å². The average Bonchev–Trinajstić information content (AvgIpc) is 2.77. The van der Waals surface area contributed by atoms with Crippen LogP contribution in [-0.4, -0.2) is 44.7 Å². The van der Waals surface area contributed by atoms with E-state index < -0.39 is 31.0 Å². The maximum absolute atomic E-state index is 12.1. The molecule has 10 heteroatoms. The molecule has 32 heavy (non-hydrogen) atoms. The lowest BCUT2D eigenvalue weighted by Crippen LogP contribution is -2.34. The van der Waals surface area contributed by atoms with Gasteiger partial charge >= 0.3 is 12.6 Å². The topological polar surface area (TPSA) is 100 Å². The number of methoxy groups -OCH3 is 1. The van der Waals surface area contributed by atoms with Crippen LogP contribution in [0.15, 0.2) is 48.5 Å². The molecular formula is C22H21F2NO7. The molecule has 0 aliphatic carbocycles. The summed E-state index contributed by atoms with van der Waals surface area (Å²) in [6.07, 6.45) is 2.58. The third-order valence-electron chi connectivity index (χ3n) is 3.84. The molecule has 1 N–H and O–H groups in total. The lowest BCUT2D eigenvalue weighted by molar-refractivity contribution is -0.143. The second kappa shape index (κ2) is 12.0. The average molecular weight is 449 g/mol. The van der Waals surface area contributed by atoms with E-state index in [0.29, 0.717) is 23.7 Å². The SMILES string of the molecule is CCOc1ccc(/C=C/C(=O)OCC(=O)NC(=O)c2ccc(OC(F)F)cc2)cc1OC. The van der Waals surface area contributed by atoms with Crippen molar-refractivity contribution in [2.75, 3.05) is 20.3 Å². The van der Waals surface area contributed by atoms with E-state index in [1.165, 1.54) is 25.3 Å². The van der Waals surface area contributed by atoms with Gasteiger partial charge in [-0.3, -0.25) is 14.9 Å². The first-order valence-corrected chi connectivity index (χ1v) is 9.37. The molecule has 0 fully saturated rings. The van der Waals surface area contributed by atoms with Gasteiger partial charge in [0.25, 0.3) is 11.8 Å². The van der Waals surface area contributed by atoms with Crippen molar-refractivity contribution in [1.29, 1.82) is 0 Å². The number of rotatable bonds is 10. The van der Waals surface area contributed by atoms with E-state index >= 15 is 0 Å². The Morgan fingerprint density at radius 3 is 2.41 bits per heavy atom. The highest BCUT2D eigenvalue weighted by molar-refractivity contribution is 6.05. The minimum Gasteiger partial charge on any atom is -0.493 e. The Bertz CT molecular complexity index is 975. The smallest absolute Gasteiger partial charge is 0.387 e. The highest BCUT2D eigenvalue weighted by Gasteiger charge is 2.13. The van der Waals surface area contributed by atoms with Crippen molar-refractivity contribution in [2.45, 2.75) is 13.5 Å². The Hall–Kier alpha value is -3.95. The Kier molecular flexibility index (Phi) is 9.15. The first-order chi connectivity index (χ1) is 15.3. The Balaban J connectivity index is 1.83. The lowest BCUT2D eigenvalue weighted by Gasteiger charge is -2.09. The molecule has 0 atom stereocenters. The summed E-state index contributed by atoms with van der Waals surface area (Å²) >= 11 is 0. The van der Waals surface area contributed by atoms with Crippen molar-refractivity contribution in [2.24, 2.45) is 0 Å². The molecule has 0 aliphatic rings. The summed E-state index contributed by atoms with van der Waals surface area (Å²) in [5.41, 5.74) is 0.678. The molecule has 0 saturated carbocycles. The molecule has 2 aromatic rings. The fraction of sp³-hybridized carbons (Fsp3) is 0.227. The van der Waals surface area contributed by atoms with Gasteiger partial charge in [0.15, 0.2) is 18.1 Å². The number of amides is 2. The summed E-state index contributed by atoms with van der Waals surface area (Å²) in [6.45, 7) is -1.36. The van der Waals surface area contributed by atoms with Crippen molar-refractivity contribution in [3.8, 4) is 17.2 Å². The van der Waals surface area contributed by atoms with Gasteiger partial charge in [0.2, 0.25) is 0 Å². The molecule has 0 bridgehead atoms. The number of carbonyl (C=O) groups excluding carboxylic acids is 3. The summed E-state index contributed by atoms with van der Waals surface area (Å²) in [5, 5.41) is 2.02. The fourth-order valence-corrected chi connectivity index (χ4v) is 2.43. The van der Waals surface area contributed by atoms with Crippen LogP contribution in [0.2, 0.25) is 0 Å². The molecule has 2 rings (SSSR count). The Morgan fingerprint density at radius 2 is 1.78 bits per heavy atom. The van der Waals surface area contributed by atoms with E-state index in [2.05, 4.69) is 4.74 Å². The number of carbonyl (C=O) groups is 3. The highest BCUT2D eigenvalue weighted by Crippen LogP contribution is 2.28. The van der Waals surface area contributed by atoms with Crippen LogP contribution in [-0.2, 0) is 14.3 Å². The summed E-state index contributed by atoms with van der Waals surface area (Å²) in [7, 11) is 1.49. The van der Waals surface area contributed by atoms with Crippen LogP contribution in [0.4, 0.5) is 8.78 Å². The molecule has 2 amide bonds. The van der Waals surface area contributed by atoms with Gasteiger partial charge in [-0.2, -0.15) is 8.78 Å². The molecular weight excluding hydrogens is 428 g/mol. The number of alkyl halides is 2. The predicted octanol–water partition coefficient (Wildman–Crippen LogP) is 3.21. The minimum absolute atomic E-state index is 0.0376. The molecule has 2 aromatic carbocycles. The van der Waals surface area contributed by atoms with Crippen molar-refractivity contribution in [3.05, 3.63) is 59.7 Å². The maximum Gasteiger partial charge on any atom is 0.387 e. The third-order valence-corrected chi connectivity index (χ3v) is 3.84. The number of benzene rings is 2. The first kappa shape index (κ1) is 24.3. The number of nitrogens with one attached hydrogen (secondary N) is 1. The van der Waals surface area contributed by atoms with Crippen LogP contribution in [0.1, 0.15) is 22.8 Å². The van der Waals surface area contributed by atoms with Crippen LogP contribution in [0.5, 0.6) is 17.2 Å². The van der Waals surface area contributed by atoms with Crippen molar-refractivity contribution in [3.63, 3.8) is 0 Å². The standard InChI is InChI=1S/C22H21F2NO7/c1-3-30-17-10-4-14(12-18(17)29-2)5-11-20(27)31-13-19(26)25-21(28)15-6-8-16(9-7-15)32-22(23)24/h4-12,22H,3,13H2,1-2H3,(H,25,26,28)/b11-5+. The molecule has 170 valence electrons. The molecule has 0 unspecified atom stereocenters. The van der Waals surface area contributed by atoms with Gasteiger partial charge in [-0.25, -0.2) is 4.79 Å². The molecule has 8 nitrogen and oxygen atoms in total. The number of halogens is 2. The normalized spacial score (nSPS) is 10.7. The number of hydrogen-bond acceptors (Lipinski definition) is 7. The number of imide groups is 1. The monoisotopic (exact) mass is 449 g/mol. The summed E-state index contributed by atoms with van der Waals surface area (Å²) in [5.74, 6) is -1.51. The molecule has 0 aromatic heterocycles. The summed E-state index contributed by atoms with van der Waals surface area (Å²) in [6, 6.07) is 9.80. The molecule has 0 spiro atoms. The molecule has 0 saturated heterocycles. The Morgan fingerprint density at radius 1 is 1.06 bits per heavy atom. The third kappa shape index (κ3) is 7.71. The molecule has 0 heterocycles. The van der Waals surface area contributed by atoms with Gasteiger partial charge in [-0.15, -0.1) is 0 Å². The van der Waals surface area contributed by atoms with E-state index in [1.54, 1.807) is 18.2 Å². The van der Waals surface area contributed by atoms with Gasteiger partial charge in [-0.1, -0.05) is 6.07 Å². The van der Waals surface area contributed by atoms with Gasteiger partial charge in [0.05, 0.1) is 13.7 Å². The van der Waals surface area contributed by atoms with Crippen LogP contribution in [0.3, 0.4) is 0 Å². The van der Waals surface area contributed by atoms with Crippen molar-refractivity contribution >= 4 is 23.9 Å².